The monoisotopic (exact) mass is 320 g/mol. The van der Waals surface area contributed by atoms with Crippen LogP contribution in [0.2, 0.25) is 0 Å². The van der Waals surface area contributed by atoms with Crippen LogP contribution in [0.4, 0.5) is 11.4 Å². The van der Waals surface area contributed by atoms with E-state index in [1.165, 1.54) is 31.5 Å². The van der Waals surface area contributed by atoms with Crippen LogP contribution in [0.5, 0.6) is 0 Å². The van der Waals surface area contributed by atoms with E-state index < -0.39 is 0 Å². The Balaban J connectivity index is 1.67. The number of benzene rings is 2. The molecule has 114 valence electrons. The van der Waals surface area contributed by atoms with Crippen LogP contribution in [-0.4, -0.2) is 38.9 Å². The first-order chi connectivity index (χ1) is 11.4. The molecule has 2 aliphatic heterocycles. The molecule has 0 N–H and O–H groups in total. The molecule has 0 saturated heterocycles. The second-order valence-electron chi connectivity index (χ2n) is 5.89. The van der Waals surface area contributed by atoms with Gasteiger partial charge in [0.25, 0.3) is 0 Å². The fourth-order valence-corrected chi connectivity index (χ4v) is 4.33. The number of anilines is 2. The van der Waals surface area contributed by atoms with Crippen molar-refractivity contribution in [2.75, 3.05) is 36.0 Å². The van der Waals surface area contributed by atoms with Crippen LogP contribution in [0.3, 0.4) is 0 Å². The molecule has 2 aromatic carbocycles. The van der Waals surface area contributed by atoms with Crippen LogP contribution in [0.25, 0.3) is 20.2 Å². The Morgan fingerprint density at radius 3 is 1.70 bits per heavy atom. The molecule has 0 bridgehead atoms. The van der Waals surface area contributed by atoms with Crippen LogP contribution >= 0.6 is 11.3 Å². The number of fused-ring (bicyclic) bond motifs is 3. The summed E-state index contributed by atoms with van der Waals surface area (Å²) in [6.07, 6.45) is 3.89. The summed E-state index contributed by atoms with van der Waals surface area (Å²) >= 11 is 1.86. The molecule has 0 amide bonds. The zero-order valence-corrected chi connectivity index (χ0v) is 13.5. The summed E-state index contributed by atoms with van der Waals surface area (Å²) in [6, 6.07) is 13.5. The predicted molar refractivity (Wildman–Crippen MR) is 101 cm³/mol. The third-order valence-corrected chi connectivity index (χ3v) is 5.63. The molecule has 1 aromatic heterocycles. The van der Waals surface area contributed by atoms with Crippen LogP contribution in [0.15, 0.2) is 46.4 Å². The van der Waals surface area contributed by atoms with Gasteiger partial charge in [-0.3, -0.25) is 9.98 Å². The van der Waals surface area contributed by atoms with E-state index in [0.29, 0.717) is 0 Å². The molecule has 0 radical (unpaired) electrons. The summed E-state index contributed by atoms with van der Waals surface area (Å²) < 4.78 is 2.68. The Kier molecular flexibility index (Phi) is 2.88. The van der Waals surface area contributed by atoms with E-state index in [1.54, 1.807) is 0 Å². The van der Waals surface area contributed by atoms with Crippen molar-refractivity contribution in [2.45, 2.75) is 0 Å². The first-order valence-corrected chi connectivity index (χ1v) is 8.70. The summed E-state index contributed by atoms with van der Waals surface area (Å²) in [4.78, 5) is 13.1. The van der Waals surface area contributed by atoms with Gasteiger partial charge in [0.2, 0.25) is 0 Å². The second kappa shape index (κ2) is 5.06. The van der Waals surface area contributed by atoms with Gasteiger partial charge in [0.05, 0.1) is 25.8 Å². The van der Waals surface area contributed by atoms with Crippen LogP contribution < -0.4 is 9.80 Å². The fourth-order valence-electron chi connectivity index (χ4n) is 3.26. The topological polar surface area (TPSA) is 31.2 Å². The van der Waals surface area contributed by atoms with Crippen molar-refractivity contribution in [3.05, 3.63) is 36.4 Å². The molecule has 4 nitrogen and oxygen atoms in total. The Labute approximate surface area is 138 Å². The van der Waals surface area contributed by atoms with Crippen LogP contribution in [0.1, 0.15) is 0 Å². The van der Waals surface area contributed by atoms with Gasteiger partial charge in [-0.05, 0) is 36.4 Å². The molecule has 0 aliphatic carbocycles. The quantitative estimate of drug-likeness (QED) is 0.720. The minimum Gasteiger partial charge on any atom is -0.331 e. The molecular weight excluding hydrogens is 304 g/mol. The average molecular weight is 320 g/mol. The molecule has 0 saturated carbocycles. The maximum absolute atomic E-state index is 4.32. The molecule has 3 aromatic rings. The Morgan fingerprint density at radius 2 is 1.26 bits per heavy atom. The van der Waals surface area contributed by atoms with Crippen molar-refractivity contribution in [3.8, 4) is 0 Å². The van der Waals surface area contributed by atoms with Gasteiger partial charge < -0.3 is 9.80 Å². The molecule has 2 aliphatic rings. The lowest BCUT2D eigenvalue weighted by Gasteiger charge is -2.14. The van der Waals surface area contributed by atoms with E-state index in [9.17, 15) is 0 Å². The van der Waals surface area contributed by atoms with E-state index in [2.05, 4.69) is 56.2 Å². The van der Waals surface area contributed by atoms with E-state index in [4.69, 9.17) is 0 Å². The third-order valence-electron chi connectivity index (χ3n) is 4.48. The minimum atomic E-state index is 0.890. The summed E-state index contributed by atoms with van der Waals surface area (Å²) in [7, 11) is 0. The van der Waals surface area contributed by atoms with E-state index >= 15 is 0 Å². The van der Waals surface area contributed by atoms with Crippen molar-refractivity contribution >= 4 is 55.6 Å². The molecule has 0 unspecified atom stereocenters. The minimum absolute atomic E-state index is 0.890. The smallest absolute Gasteiger partial charge is 0.0895 e. The van der Waals surface area contributed by atoms with Crippen LogP contribution in [-0.2, 0) is 0 Å². The normalized spacial score (nSPS) is 17.2. The van der Waals surface area contributed by atoms with E-state index in [-0.39, 0.29) is 0 Å². The number of thiophene rings is 1. The van der Waals surface area contributed by atoms with Gasteiger partial charge in [-0.2, -0.15) is 0 Å². The molecule has 23 heavy (non-hydrogen) atoms. The van der Waals surface area contributed by atoms with Crippen molar-refractivity contribution in [3.63, 3.8) is 0 Å². The summed E-state index contributed by atoms with van der Waals surface area (Å²) in [5.41, 5.74) is 2.46. The molecule has 0 atom stereocenters. The number of aliphatic imine (C=N–C) groups is 2. The zero-order valence-electron chi connectivity index (χ0n) is 12.6. The lowest BCUT2D eigenvalue weighted by molar-refractivity contribution is 1.02. The largest absolute Gasteiger partial charge is 0.331 e. The Bertz CT molecular complexity index is 880. The van der Waals surface area contributed by atoms with E-state index in [1.807, 2.05) is 24.0 Å². The van der Waals surface area contributed by atoms with Crippen molar-refractivity contribution in [2.24, 2.45) is 9.98 Å². The molecule has 5 heteroatoms. The number of hydrogen-bond acceptors (Lipinski definition) is 5. The van der Waals surface area contributed by atoms with Gasteiger partial charge >= 0.3 is 0 Å². The Hall–Kier alpha value is -2.40. The molecule has 3 heterocycles. The van der Waals surface area contributed by atoms with E-state index in [0.717, 1.165) is 26.2 Å². The van der Waals surface area contributed by atoms with Crippen molar-refractivity contribution in [1.29, 1.82) is 0 Å². The highest BCUT2D eigenvalue weighted by molar-refractivity contribution is 7.25. The number of hydrogen-bond donors (Lipinski definition) is 0. The molecule has 0 spiro atoms. The van der Waals surface area contributed by atoms with Gasteiger partial charge in [0.15, 0.2) is 0 Å². The first-order valence-electron chi connectivity index (χ1n) is 7.88. The Morgan fingerprint density at radius 1 is 0.739 bits per heavy atom. The zero-order chi connectivity index (χ0) is 15.2. The summed E-state index contributed by atoms with van der Waals surface area (Å²) in [5.74, 6) is 0. The fraction of sp³-hybridized carbons (Fsp3) is 0.222. The highest BCUT2D eigenvalue weighted by Gasteiger charge is 2.13. The van der Waals surface area contributed by atoms with Crippen molar-refractivity contribution in [1.82, 2.24) is 0 Å². The molecule has 0 fully saturated rings. The lowest BCUT2D eigenvalue weighted by atomic mass is 10.1. The average Bonchev–Trinajstić information content (AvgIpc) is 3.33. The highest BCUT2D eigenvalue weighted by atomic mass is 32.1. The standard InChI is InChI=1S/C18H16N4S/c1-3-17-15(9-13(1)21-7-5-19-11-21)16-10-14(2-4-18(16)23-17)22-8-6-20-12-22/h1-4,9-12H,5-8H2. The van der Waals surface area contributed by atoms with Gasteiger partial charge in [-0.15, -0.1) is 11.3 Å². The summed E-state index contributed by atoms with van der Waals surface area (Å²) in [5, 5.41) is 2.67. The second-order valence-corrected chi connectivity index (χ2v) is 6.98. The molecule has 5 rings (SSSR count). The van der Waals surface area contributed by atoms with Gasteiger partial charge in [-0.1, -0.05) is 0 Å². The third kappa shape index (κ3) is 2.11. The van der Waals surface area contributed by atoms with Crippen molar-refractivity contribution < 1.29 is 0 Å². The van der Waals surface area contributed by atoms with Gasteiger partial charge in [-0.25, -0.2) is 0 Å². The maximum atomic E-state index is 4.32. The summed E-state index contributed by atoms with van der Waals surface area (Å²) in [6.45, 7) is 3.73. The van der Waals surface area contributed by atoms with Gasteiger partial charge in [0.1, 0.15) is 0 Å². The predicted octanol–water partition coefficient (Wildman–Crippen LogP) is 3.75. The van der Waals surface area contributed by atoms with Crippen LogP contribution in [0, 0.1) is 0 Å². The SMILES string of the molecule is C1=NCCN1c1ccc2sc3ccc(N4C=NCC4)cc3c2c1. The lowest BCUT2D eigenvalue weighted by Crippen LogP contribution is -2.18. The number of rotatable bonds is 2. The first kappa shape index (κ1) is 13.1. The highest BCUT2D eigenvalue weighted by Crippen LogP contribution is 2.38. The maximum Gasteiger partial charge on any atom is 0.0895 e. The molecular formula is C18H16N4S. The van der Waals surface area contributed by atoms with Gasteiger partial charge in [0, 0.05) is 44.6 Å². The number of nitrogens with zero attached hydrogens (tertiary/aromatic N) is 4.